The summed E-state index contributed by atoms with van der Waals surface area (Å²) in [5.41, 5.74) is 8.01. The van der Waals surface area contributed by atoms with Gasteiger partial charge in [0.2, 0.25) is 0 Å². The molecule has 0 saturated heterocycles. The highest BCUT2D eigenvalue weighted by molar-refractivity contribution is 5.91. The molecule has 0 spiro atoms. The summed E-state index contributed by atoms with van der Waals surface area (Å²) in [5, 5.41) is 3.51. The molecule has 1 aliphatic rings. The van der Waals surface area contributed by atoms with Crippen LogP contribution >= 0.6 is 0 Å². The first kappa shape index (κ1) is 14.7. The van der Waals surface area contributed by atoms with Gasteiger partial charge in [0.05, 0.1) is 24.0 Å². The summed E-state index contributed by atoms with van der Waals surface area (Å²) in [6, 6.07) is 5.75. The molecule has 1 saturated carbocycles. The van der Waals surface area contributed by atoms with Crippen molar-refractivity contribution in [3.8, 4) is 0 Å². The quantitative estimate of drug-likeness (QED) is 0.657. The second-order valence-corrected chi connectivity index (χ2v) is 5.90. The van der Waals surface area contributed by atoms with Crippen LogP contribution in [0.25, 0.3) is 0 Å². The van der Waals surface area contributed by atoms with E-state index in [1.807, 2.05) is 6.07 Å². The topological polar surface area (TPSA) is 64.3 Å². The number of nitrogens with one attached hydrogen (secondary N) is 1. The van der Waals surface area contributed by atoms with Crippen molar-refractivity contribution < 1.29 is 9.53 Å². The van der Waals surface area contributed by atoms with Crippen molar-refractivity contribution in [1.82, 2.24) is 0 Å². The number of nitrogens with two attached hydrogens (primary N) is 1. The summed E-state index contributed by atoms with van der Waals surface area (Å²) in [5.74, 6) is 1.17. The summed E-state index contributed by atoms with van der Waals surface area (Å²) in [4.78, 5) is 11.4. The van der Waals surface area contributed by atoms with Crippen molar-refractivity contribution in [2.45, 2.75) is 39.2 Å². The molecule has 0 bridgehead atoms. The lowest BCUT2D eigenvalue weighted by atomic mass is 9.79. The van der Waals surface area contributed by atoms with Crippen LogP contribution in [-0.2, 0) is 4.74 Å². The number of benzene rings is 1. The number of hydrogen-bond donors (Lipinski definition) is 2. The minimum absolute atomic E-state index is 0.358. The smallest absolute Gasteiger partial charge is 0.337 e. The van der Waals surface area contributed by atoms with Crippen LogP contribution < -0.4 is 11.1 Å². The monoisotopic (exact) mass is 276 g/mol. The van der Waals surface area contributed by atoms with Crippen LogP contribution in [-0.4, -0.2) is 19.1 Å². The molecule has 0 aliphatic heterocycles. The zero-order valence-corrected chi connectivity index (χ0v) is 12.5. The first-order chi connectivity index (χ1) is 9.51. The molecule has 3 unspecified atom stereocenters. The molecule has 0 aromatic heterocycles. The second kappa shape index (κ2) is 6.16. The van der Waals surface area contributed by atoms with E-state index >= 15 is 0 Å². The summed E-state index contributed by atoms with van der Waals surface area (Å²) < 4.78 is 4.69. The number of anilines is 2. The van der Waals surface area contributed by atoms with Crippen molar-refractivity contribution >= 4 is 17.3 Å². The maximum atomic E-state index is 11.4. The zero-order valence-electron chi connectivity index (χ0n) is 12.5. The molecular formula is C16H24N2O2. The first-order valence-electron chi connectivity index (χ1n) is 7.25. The molecular weight excluding hydrogens is 252 g/mol. The lowest BCUT2D eigenvalue weighted by molar-refractivity contribution is 0.0601. The Kier molecular flexibility index (Phi) is 4.53. The van der Waals surface area contributed by atoms with Crippen molar-refractivity contribution in [2.24, 2.45) is 11.8 Å². The highest BCUT2D eigenvalue weighted by Crippen LogP contribution is 2.32. The number of nitrogen functional groups attached to an aromatic ring is 1. The van der Waals surface area contributed by atoms with Gasteiger partial charge in [-0.2, -0.15) is 0 Å². The Bertz CT molecular complexity index is 487. The van der Waals surface area contributed by atoms with E-state index in [4.69, 9.17) is 10.5 Å². The first-order valence-corrected chi connectivity index (χ1v) is 7.25. The molecule has 2 rings (SSSR count). The number of rotatable bonds is 3. The molecule has 0 amide bonds. The molecule has 3 atom stereocenters. The van der Waals surface area contributed by atoms with Gasteiger partial charge in [0, 0.05) is 6.04 Å². The van der Waals surface area contributed by atoms with Crippen LogP contribution in [0.5, 0.6) is 0 Å². The average Bonchev–Trinajstić information content (AvgIpc) is 2.44. The molecule has 110 valence electrons. The molecule has 4 nitrogen and oxygen atoms in total. The number of carbonyl (C=O) groups is 1. The van der Waals surface area contributed by atoms with Gasteiger partial charge in [0.15, 0.2) is 0 Å². The third-order valence-corrected chi connectivity index (χ3v) is 4.43. The normalized spacial score (nSPS) is 26.1. The van der Waals surface area contributed by atoms with E-state index in [-0.39, 0.29) is 5.97 Å². The van der Waals surface area contributed by atoms with Gasteiger partial charge < -0.3 is 15.8 Å². The van der Waals surface area contributed by atoms with E-state index in [9.17, 15) is 4.79 Å². The van der Waals surface area contributed by atoms with Gasteiger partial charge in [0.1, 0.15) is 0 Å². The van der Waals surface area contributed by atoms with Gasteiger partial charge in [0.25, 0.3) is 0 Å². The Morgan fingerprint density at radius 1 is 1.30 bits per heavy atom. The van der Waals surface area contributed by atoms with E-state index in [0.29, 0.717) is 17.3 Å². The average molecular weight is 276 g/mol. The van der Waals surface area contributed by atoms with Crippen molar-refractivity contribution in [1.29, 1.82) is 0 Å². The van der Waals surface area contributed by atoms with Crippen molar-refractivity contribution in [2.75, 3.05) is 18.2 Å². The SMILES string of the molecule is COC(=O)c1ccc(NC2CCC(C)C(C)C2)c(N)c1. The number of methoxy groups -OCH3 is 1. The molecule has 1 aromatic rings. The summed E-state index contributed by atoms with van der Waals surface area (Å²) in [6.45, 7) is 4.63. The van der Waals surface area contributed by atoms with Gasteiger partial charge in [-0.1, -0.05) is 13.8 Å². The van der Waals surface area contributed by atoms with Crippen LogP contribution in [0.4, 0.5) is 11.4 Å². The maximum Gasteiger partial charge on any atom is 0.337 e. The minimum atomic E-state index is -0.358. The Hall–Kier alpha value is -1.71. The van der Waals surface area contributed by atoms with E-state index < -0.39 is 0 Å². The van der Waals surface area contributed by atoms with E-state index in [1.54, 1.807) is 12.1 Å². The largest absolute Gasteiger partial charge is 0.465 e. The van der Waals surface area contributed by atoms with E-state index in [2.05, 4.69) is 19.2 Å². The fourth-order valence-corrected chi connectivity index (χ4v) is 2.84. The standard InChI is InChI=1S/C16H24N2O2/c1-10-4-6-13(8-11(10)2)18-15-7-5-12(9-14(15)17)16(19)20-3/h5,7,9-11,13,18H,4,6,8,17H2,1-3H3. The van der Waals surface area contributed by atoms with Gasteiger partial charge in [-0.3, -0.25) is 0 Å². The van der Waals surface area contributed by atoms with Gasteiger partial charge in [-0.15, -0.1) is 0 Å². The highest BCUT2D eigenvalue weighted by Gasteiger charge is 2.24. The van der Waals surface area contributed by atoms with Crippen molar-refractivity contribution in [3.05, 3.63) is 23.8 Å². The maximum absolute atomic E-state index is 11.4. The molecule has 0 heterocycles. The molecule has 0 radical (unpaired) electrons. The van der Waals surface area contributed by atoms with E-state index in [1.165, 1.54) is 26.4 Å². The predicted octanol–water partition coefficient (Wildman–Crippen LogP) is 3.29. The van der Waals surface area contributed by atoms with Crippen LogP contribution in [0, 0.1) is 11.8 Å². The number of ether oxygens (including phenoxy) is 1. The number of esters is 1. The van der Waals surface area contributed by atoms with Gasteiger partial charge in [-0.25, -0.2) is 4.79 Å². The van der Waals surface area contributed by atoms with Crippen LogP contribution in [0.3, 0.4) is 0 Å². The fraction of sp³-hybridized carbons (Fsp3) is 0.562. The Labute approximate surface area is 120 Å². The summed E-state index contributed by atoms with van der Waals surface area (Å²) >= 11 is 0. The molecule has 1 aromatic carbocycles. The third-order valence-electron chi connectivity index (χ3n) is 4.43. The number of carbonyl (C=O) groups excluding carboxylic acids is 1. The molecule has 4 heteroatoms. The third kappa shape index (κ3) is 3.24. The number of hydrogen-bond acceptors (Lipinski definition) is 4. The Morgan fingerprint density at radius 2 is 2.05 bits per heavy atom. The van der Waals surface area contributed by atoms with Crippen molar-refractivity contribution in [3.63, 3.8) is 0 Å². The van der Waals surface area contributed by atoms with Crippen LogP contribution in [0.2, 0.25) is 0 Å². The van der Waals surface area contributed by atoms with Crippen LogP contribution in [0.1, 0.15) is 43.5 Å². The summed E-state index contributed by atoms with van der Waals surface area (Å²) in [6.07, 6.45) is 3.59. The van der Waals surface area contributed by atoms with Gasteiger partial charge in [-0.05, 0) is 49.3 Å². The fourth-order valence-electron chi connectivity index (χ4n) is 2.84. The second-order valence-electron chi connectivity index (χ2n) is 5.90. The molecule has 3 N–H and O–H groups in total. The Morgan fingerprint density at radius 3 is 2.65 bits per heavy atom. The molecule has 20 heavy (non-hydrogen) atoms. The molecule has 1 aliphatic carbocycles. The van der Waals surface area contributed by atoms with Crippen LogP contribution in [0.15, 0.2) is 18.2 Å². The van der Waals surface area contributed by atoms with Gasteiger partial charge >= 0.3 is 5.97 Å². The highest BCUT2D eigenvalue weighted by atomic mass is 16.5. The lowest BCUT2D eigenvalue weighted by Crippen LogP contribution is -2.30. The van der Waals surface area contributed by atoms with E-state index in [0.717, 1.165) is 17.5 Å². The lowest BCUT2D eigenvalue weighted by Gasteiger charge is -2.33. The minimum Gasteiger partial charge on any atom is -0.465 e. The molecule has 1 fully saturated rings. The Balaban J connectivity index is 2.05. The zero-order chi connectivity index (χ0) is 14.7. The predicted molar refractivity (Wildman–Crippen MR) is 81.8 cm³/mol. The summed E-state index contributed by atoms with van der Waals surface area (Å²) in [7, 11) is 1.37.